The number of benzene rings is 1. The second-order valence-corrected chi connectivity index (χ2v) is 6.22. The van der Waals surface area contributed by atoms with Gasteiger partial charge >= 0.3 is 0 Å². The third kappa shape index (κ3) is 3.35. The molecule has 1 fully saturated rings. The van der Waals surface area contributed by atoms with Crippen LogP contribution in [0, 0.1) is 6.92 Å². The Hall–Kier alpha value is -1.61. The molecule has 0 bridgehead atoms. The van der Waals surface area contributed by atoms with Gasteiger partial charge in [-0.2, -0.15) is 5.10 Å². The van der Waals surface area contributed by atoms with E-state index in [0.717, 1.165) is 25.4 Å². The molecule has 1 heterocycles. The lowest BCUT2D eigenvalue weighted by molar-refractivity contribution is 0.688. The summed E-state index contributed by atoms with van der Waals surface area (Å²) in [5, 5.41) is 8.23. The minimum atomic E-state index is 0.754. The minimum absolute atomic E-state index is 0.754. The molecule has 0 spiro atoms. The third-order valence-electron chi connectivity index (χ3n) is 4.16. The summed E-state index contributed by atoms with van der Waals surface area (Å²) in [6, 6.07) is 7.57. The smallest absolute Gasteiger partial charge is 0.0702 e. The molecule has 1 saturated carbocycles. The Labute approximate surface area is 127 Å². The van der Waals surface area contributed by atoms with Crippen LogP contribution in [0.4, 0.5) is 0 Å². The predicted molar refractivity (Wildman–Crippen MR) is 87.2 cm³/mol. The summed E-state index contributed by atoms with van der Waals surface area (Å²) in [4.78, 5) is 0. The van der Waals surface area contributed by atoms with Gasteiger partial charge in [-0.3, -0.25) is 4.68 Å². The normalized spacial score (nSPS) is 14.6. The predicted octanol–water partition coefficient (Wildman–Crippen LogP) is 3.60. The highest BCUT2D eigenvalue weighted by molar-refractivity contribution is 5.69. The van der Waals surface area contributed by atoms with Crippen molar-refractivity contribution in [2.24, 2.45) is 7.05 Å². The molecular weight excluding hydrogens is 258 g/mol. The van der Waals surface area contributed by atoms with E-state index < -0.39 is 0 Å². The lowest BCUT2D eigenvalue weighted by Crippen LogP contribution is -2.15. The van der Waals surface area contributed by atoms with Crippen LogP contribution in [-0.2, 0) is 20.0 Å². The maximum Gasteiger partial charge on any atom is 0.0702 e. The maximum absolute atomic E-state index is 4.63. The zero-order valence-electron chi connectivity index (χ0n) is 13.3. The van der Waals surface area contributed by atoms with E-state index in [2.05, 4.69) is 48.7 Å². The van der Waals surface area contributed by atoms with Gasteiger partial charge in [0.05, 0.1) is 5.69 Å². The lowest BCUT2D eigenvalue weighted by Gasteiger charge is -2.10. The molecule has 1 aliphatic rings. The van der Waals surface area contributed by atoms with Crippen molar-refractivity contribution < 1.29 is 0 Å². The molecule has 21 heavy (non-hydrogen) atoms. The van der Waals surface area contributed by atoms with Gasteiger partial charge < -0.3 is 5.32 Å². The molecule has 3 rings (SSSR count). The summed E-state index contributed by atoms with van der Waals surface area (Å²) >= 11 is 0. The van der Waals surface area contributed by atoms with Crippen LogP contribution < -0.4 is 5.32 Å². The van der Waals surface area contributed by atoms with Crippen LogP contribution >= 0.6 is 0 Å². The van der Waals surface area contributed by atoms with E-state index in [4.69, 9.17) is 0 Å². The van der Waals surface area contributed by atoms with Crippen LogP contribution in [0.25, 0.3) is 11.1 Å². The van der Waals surface area contributed by atoms with Crippen LogP contribution in [-0.4, -0.2) is 15.8 Å². The fraction of sp³-hybridized carbons (Fsp3) is 0.500. The number of aryl methyl sites for hydroxylation is 3. The Bertz CT molecular complexity index is 623. The first-order valence-corrected chi connectivity index (χ1v) is 8.03. The van der Waals surface area contributed by atoms with Crippen molar-refractivity contribution in [2.45, 2.75) is 52.1 Å². The van der Waals surface area contributed by atoms with Gasteiger partial charge in [-0.15, -0.1) is 0 Å². The molecule has 0 aliphatic heterocycles. The number of nitrogens with one attached hydrogen (secondary N) is 1. The van der Waals surface area contributed by atoms with Gasteiger partial charge in [-0.1, -0.05) is 25.5 Å². The van der Waals surface area contributed by atoms with Crippen molar-refractivity contribution in [3.63, 3.8) is 0 Å². The standard InChI is InChI=1S/C18H25N3/c1-4-5-18-17(12-21(3)20-18)16-10-14(7-6-13(16)2)11-19-15-8-9-15/h6-7,10,12,15,19H,4-5,8-9,11H2,1-3H3. The van der Waals surface area contributed by atoms with Crippen LogP contribution in [0.15, 0.2) is 24.4 Å². The minimum Gasteiger partial charge on any atom is -0.310 e. The van der Waals surface area contributed by atoms with Crippen molar-refractivity contribution in [1.29, 1.82) is 0 Å². The van der Waals surface area contributed by atoms with E-state index in [1.54, 1.807) is 0 Å². The van der Waals surface area contributed by atoms with Gasteiger partial charge in [0.15, 0.2) is 0 Å². The molecular formula is C18H25N3. The van der Waals surface area contributed by atoms with Gasteiger partial charge in [-0.25, -0.2) is 0 Å². The highest BCUT2D eigenvalue weighted by Gasteiger charge is 2.20. The molecule has 0 saturated heterocycles. The van der Waals surface area contributed by atoms with Crippen molar-refractivity contribution >= 4 is 0 Å². The third-order valence-corrected chi connectivity index (χ3v) is 4.16. The maximum atomic E-state index is 4.63. The summed E-state index contributed by atoms with van der Waals surface area (Å²) in [5.41, 5.74) is 6.55. The van der Waals surface area contributed by atoms with E-state index >= 15 is 0 Å². The van der Waals surface area contributed by atoms with E-state index in [1.165, 1.54) is 40.8 Å². The van der Waals surface area contributed by atoms with Crippen molar-refractivity contribution in [2.75, 3.05) is 0 Å². The number of aromatic nitrogens is 2. The van der Waals surface area contributed by atoms with Gasteiger partial charge in [0.25, 0.3) is 0 Å². The fourth-order valence-corrected chi connectivity index (χ4v) is 2.80. The first kappa shape index (κ1) is 14.3. The van der Waals surface area contributed by atoms with E-state index in [-0.39, 0.29) is 0 Å². The number of hydrogen-bond donors (Lipinski definition) is 1. The molecule has 0 amide bonds. The first-order valence-electron chi connectivity index (χ1n) is 8.03. The summed E-state index contributed by atoms with van der Waals surface area (Å²) in [7, 11) is 2.01. The number of hydrogen-bond acceptors (Lipinski definition) is 2. The molecule has 112 valence electrons. The molecule has 3 heteroatoms. The van der Waals surface area contributed by atoms with E-state index in [0.29, 0.717) is 0 Å². The molecule has 0 atom stereocenters. The largest absolute Gasteiger partial charge is 0.310 e. The zero-order valence-corrected chi connectivity index (χ0v) is 13.3. The molecule has 1 aromatic carbocycles. The van der Waals surface area contributed by atoms with Crippen LogP contribution in [0.2, 0.25) is 0 Å². The molecule has 1 aliphatic carbocycles. The van der Waals surface area contributed by atoms with Gasteiger partial charge in [0, 0.05) is 31.4 Å². The second kappa shape index (κ2) is 6.02. The van der Waals surface area contributed by atoms with Crippen molar-refractivity contribution in [3.05, 3.63) is 41.2 Å². The first-order chi connectivity index (χ1) is 10.2. The molecule has 0 unspecified atom stereocenters. The van der Waals surface area contributed by atoms with Crippen LogP contribution in [0.3, 0.4) is 0 Å². The van der Waals surface area contributed by atoms with Gasteiger partial charge in [0.1, 0.15) is 0 Å². The highest BCUT2D eigenvalue weighted by Crippen LogP contribution is 2.28. The molecule has 3 nitrogen and oxygen atoms in total. The van der Waals surface area contributed by atoms with Gasteiger partial charge in [-0.05, 0) is 48.9 Å². The quantitative estimate of drug-likeness (QED) is 0.878. The topological polar surface area (TPSA) is 29.9 Å². The monoisotopic (exact) mass is 283 g/mol. The van der Waals surface area contributed by atoms with Crippen LogP contribution in [0.1, 0.15) is 43.0 Å². The Kier molecular flexibility index (Phi) is 4.11. The Morgan fingerprint density at radius 1 is 1.29 bits per heavy atom. The summed E-state index contributed by atoms with van der Waals surface area (Å²) in [6.07, 6.45) is 7.00. The van der Waals surface area contributed by atoms with Crippen molar-refractivity contribution in [1.82, 2.24) is 15.1 Å². The molecule has 1 N–H and O–H groups in total. The number of nitrogens with zero attached hydrogens (tertiary/aromatic N) is 2. The SMILES string of the molecule is CCCc1nn(C)cc1-c1cc(CNC2CC2)ccc1C. The average Bonchev–Trinajstić information content (AvgIpc) is 3.22. The summed E-state index contributed by atoms with van der Waals surface area (Å²) < 4.78 is 1.94. The molecule has 2 aromatic rings. The fourth-order valence-electron chi connectivity index (χ4n) is 2.80. The van der Waals surface area contributed by atoms with Crippen molar-refractivity contribution in [3.8, 4) is 11.1 Å². The average molecular weight is 283 g/mol. The number of rotatable bonds is 6. The second-order valence-electron chi connectivity index (χ2n) is 6.22. The van der Waals surface area contributed by atoms with E-state index in [9.17, 15) is 0 Å². The Morgan fingerprint density at radius 2 is 2.10 bits per heavy atom. The van der Waals surface area contributed by atoms with Crippen LogP contribution in [0.5, 0.6) is 0 Å². The van der Waals surface area contributed by atoms with E-state index in [1.807, 2.05) is 11.7 Å². The zero-order chi connectivity index (χ0) is 14.8. The Balaban J connectivity index is 1.90. The lowest BCUT2D eigenvalue weighted by atomic mass is 9.97. The Morgan fingerprint density at radius 3 is 2.81 bits per heavy atom. The molecule has 1 aromatic heterocycles. The highest BCUT2D eigenvalue weighted by atomic mass is 15.2. The molecule has 0 radical (unpaired) electrons. The summed E-state index contributed by atoms with van der Waals surface area (Å²) in [5.74, 6) is 0. The summed E-state index contributed by atoms with van der Waals surface area (Å²) in [6.45, 7) is 5.37. The van der Waals surface area contributed by atoms with Gasteiger partial charge in [0.2, 0.25) is 0 Å².